The van der Waals surface area contributed by atoms with Crippen molar-refractivity contribution in [3.05, 3.63) is 77.6 Å². The molecule has 2 aliphatic rings. The predicted octanol–water partition coefficient (Wildman–Crippen LogP) is 4.97. The molecule has 0 radical (unpaired) electrons. The van der Waals surface area contributed by atoms with Gasteiger partial charge in [0.15, 0.2) is 5.82 Å². The van der Waals surface area contributed by atoms with Crippen molar-refractivity contribution in [1.29, 1.82) is 0 Å². The summed E-state index contributed by atoms with van der Waals surface area (Å²) in [7, 11) is -3.98. The Morgan fingerprint density at radius 3 is 2.59 bits per heavy atom. The Hall–Kier alpha value is -3.80. The molecule has 3 N–H and O–H groups in total. The number of hydrogen-bond donors (Lipinski definition) is 3. The highest BCUT2D eigenvalue weighted by Crippen LogP contribution is 2.29. The summed E-state index contributed by atoms with van der Waals surface area (Å²) < 4.78 is 45.6. The molecule has 11 heteroatoms. The SMILES string of the molecule is O=C(Nc1n[nH]c2ccc(S(=O)(=O)c3cccc(F)c3)cc12)c1ccc(CN2CCCC2)cc1NC1CCOCC1. The highest BCUT2D eigenvalue weighted by Gasteiger charge is 2.23. The van der Waals surface area contributed by atoms with Gasteiger partial charge in [-0.3, -0.25) is 14.8 Å². The molecule has 0 aliphatic carbocycles. The van der Waals surface area contributed by atoms with E-state index in [1.807, 2.05) is 12.1 Å². The lowest BCUT2D eigenvalue weighted by Gasteiger charge is -2.26. The molecule has 2 fully saturated rings. The number of nitrogens with zero attached hydrogens (tertiary/aromatic N) is 2. The molecule has 214 valence electrons. The van der Waals surface area contributed by atoms with Crippen molar-refractivity contribution in [1.82, 2.24) is 15.1 Å². The van der Waals surface area contributed by atoms with E-state index >= 15 is 0 Å². The molecule has 41 heavy (non-hydrogen) atoms. The second-order valence-electron chi connectivity index (χ2n) is 10.6. The van der Waals surface area contributed by atoms with Crippen LogP contribution >= 0.6 is 0 Å². The Morgan fingerprint density at radius 1 is 1.02 bits per heavy atom. The smallest absolute Gasteiger partial charge is 0.258 e. The van der Waals surface area contributed by atoms with Crippen molar-refractivity contribution in [3.8, 4) is 0 Å². The van der Waals surface area contributed by atoms with Gasteiger partial charge in [0, 0.05) is 36.9 Å². The summed E-state index contributed by atoms with van der Waals surface area (Å²) in [5, 5.41) is 14.0. The van der Waals surface area contributed by atoms with E-state index in [-0.39, 0.29) is 27.6 Å². The van der Waals surface area contributed by atoms with Gasteiger partial charge in [-0.05, 0) is 92.9 Å². The van der Waals surface area contributed by atoms with Gasteiger partial charge in [0.25, 0.3) is 5.91 Å². The van der Waals surface area contributed by atoms with Crippen molar-refractivity contribution >= 4 is 38.2 Å². The van der Waals surface area contributed by atoms with Crippen molar-refractivity contribution in [2.45, 2.75) is 48.1 Å². The molecule has 3 aromatic carbocycles. The molecule has 4 aromatic rings. The number of aromatic nitrogens is 2. The molecule has 0 spiro atoms. The van der Waals surface area contributed by atoms with Crippen LogP contribution in [-0.2, 0) is 21.1 Å². The van der Waals surface area contributed by atoms with Crippen LogP contribution in [0.15, 0.2) is 70.5 Å². The van der Waals surface area contributed by atoms with E-state index in [0.29, 0.717) is 29.7 Å². The van der Waals surface area contributed by atoms with Crippen LogP contribution in [0.2, 0.25) is 0 Å². The molecule has 0 atom stereocenters. The van der Waals surface area contributed by atoms with Gasteiger partial charge < -0.3 is 15.4 Å². The molecule has 6 rings (SSSR count). The maximum atomic E-state index is 13.8. The number of anilines is 2. The number of benzene rings is 3. The lowest BCUT2D eigenvalue weighted by Crippen LogP contribution is -2.29. The quantitative estimate of drug-likeness (QED) is 0.271. The monoisotopic (exact) mass is 577 g/mol. The third kappa shape index (κ3) is 5.97. The highest BCUT2D eigenvalue weighted by molar-refractivity contribution is 7.91. The van der Waals surface area contributed by atoms with Crippen LogP contribution in [0.4, 0.5) is 15.9 Å². The lowest BCUT2D eigenvalue weighted by molar-refractivity contribution is 0.0904. The standard InChI is InChI=1S/C30H32FN5O4S/c31-21-4-3-5-23(17-21)41(38,39)24-7-9-27-26(18-24)29(35-34-27)33-30(37)25-8-6-20(19-36-12-1-2-13-36)16-28(25)32-22-10-14-40-15-11-22/h3-9,16-18,22,32H,1-2,10-15,19H2,(H2,33,34,35,37). The first-order valence-electron chi connectivity index (χ1n) is 13.9. The second-order valence-corrected chi connectivity index (χ2v) is 12.5. The fourth-order valence-corrected chi connectivity index (χ4v) is 6.79. The van der Waals surface area contributed by atoms with Crippen LogP contribution in [0.25, 0.3) is 10.9 Å². The van der Waals surface area contributed by atoms with Crippen LogP contribution in [0.3, 0.4) is 0 Å². The number of ether oxygens (including phenoxy) is 1. The number of likely N-dealkylation sites (tertiary alicyclic amines) is 1. The average Bonchev–Trinajstić information content (AvgIpc) is 3.63. The number of fused-ring (bicyclic) bond motifs is 1. The largest absolute Gasteiger partial charge is 0.381 e. The average molecular weight is 578 g/mol. The van der Waals surface area contributed by atoms with Gasteiger partial charge in [-0.1, -0.05) is 12.1 Å². The van der Waals surface area contributed by atoms with Gasteiger partial charge in [0.2, 0.25) is 9.84 Å². The second kappa shape index (κ2) is 11.6. The summed E-state index contributed by atoms with van der Waals surface area (Å²) >= 11 is 0. The van der Waals surface area contributed by atoms with Gasteiger partial charge >= 0.3 is 0 Å². The van der Waals surface area contributed by atoms with Crippen LogP contribution in [0.1, 0.15) is 41.6 Å². The summed E-state index contributed by atoms with van der Waals surface area (Å²) in [6, 6.07) is 15.4. The van der Waals surface area contributed by atoms with Crippen LogP contribution in [0, 0.1) is 5.82 Å². The minimum Gasteiger partial charge on any atom is -0.381 e. The first-order chi connectivity index (χ1) is 19.9. The van der Waals surface area contributed by atoms with E-state index in [0.717, 1.165) is 49.8 Å². The zero-order chi connectivity index (χ0) is 28.4. The minimum absolute atomic E-state index is 0.0272. The number of carbonyl (C=O) groups is 1. The first-order valence-corrected chi connectivity index (χ1v) is 15.3. The Morgan fingerprint density at radius 2 is 1.80 bits per heavy atom. The number of amides is 1. The third-order valence-corrected chi connectivity index (χ3v) is 9.45. The van der Waals surface area contributed by atoms with Gasteiger partial charge in [0.1, 0.15) is 5.82 Å². The molecule has 0 bridgehead atoms. The molecular formula is C30H32FN5O4S. The molecule has 1 aromatic heterocycles. The summed E-state index contributed by atoms with van der Waals surface area (Å²) in [4.78, 5) is 15.9. The van der Waals surface area contributed by atoms with Gasteiger partial charge in [0.05, 0.1) is 20.9 Å². The molecule has 0 saturated carbocycles. The molecule has 3 heterocycles. The van der Waals surface area contributed by atoms with E-state index in [9.17, 15) is 17.6 Å². The molecule has 2 saturated heterocycles. The topological polar surface area (TPSA) is 116 Å². The number of sulfone groups is 1. The number of rotatable bonds is 8. The fourth-order valence-electron chi connectivity index (χ4n) is 5.47. The summed E-state index contributed by atoms with van der Waals surface area (Å²) in [5.41, 5.74) is 2.91. The molecule has 1 amide bonds. The Balaban J connectivity index is 1.29. The summed E-state index contributed by atoms with van der Waals surface area (Å²) in [6.45, 7) is 4.33. The van der Waals surface area contributed by atoms with E-state index in [2.05, 4.69) is 31.8 Å². The zero-order valence-electron chi connectivity index (χ0n) is 22.5. The number of halogens is 1. The van der Waals surface area contributed by atoms with Gasteiger partial charge in [-0.15, -0.1) is 0 Å². The number of aromatic amines is 1. The van der Waals surface area contributed by atoms with E-state index in [1.165, 1.54) is 43.2 Å². The highest BCUT2D eigenvalue weighted by atomic mass is 32.2. The van der Waals surface area contributed by atoms with Crippen molar-refractivity contribution in [2.75, 3.05) is 36.9 Å². The molecule has 9 nitrogen and oxygen atoms in total. The maximum Gasteiger partial charge on any atom is 0.258 e. The Bertz CT molecular complexity index is 1680. The van der Waals surface area contributed by atoms with E-state index < -0.39 is 15.7 Å². The fraction of sp³-hybridized carbons (Fsp3) is 0.333. The number of hydrogen-bond acceptors (Lipinski definition) is 7. The number of H-pyrrole nitrogens is 1. The maximum absolute atomic E-state index is 13.8. The number of carbonyl (C=O) groups excluding carboxylic acids is 1. The van der Waals surface area contributed by atoms with Crippen LogP contribution in [0.5, 0.6) is 0 Å². The number of nitrogens with one attached hydrogen (secondary N) is 3. The Kier molecular flexibility index (Phi) is 7.74. The minimum atomic E-state index is -3.98. The van der Waals surface area contributed by atoms with Crippen molar-refractivity contribution < 1.29 is 22.3 Å². The predicted molar refractivity (Wildman–Crippen MR) is 154 cm³/mol. The Labute approximate surface area is 238 Å². The first kappa shape index (κ1) is 27.4. The van der Waals surface area contributed by atoms with E-state index in [1.54, 1.807) is 6.07 Å². The third-order valence-electron chi connectivity index (χ3n) is 7.70. The normalized spacial score (nSPS) is 16.7. The lowest BCUT2D eigenvalue weighted by atomic mass is 10.0. The van der Waals surface area contributed by atoms with Gasteiger partial charge in [-0.2, -0.15) is 5.10 Å². The van der Waals surface area contributed by atoms with E-state index in [4.69, 9.17) is 4.74 Å². The summed E-state index contributed by atoms with van der Waals surface area (Å²) in [5.74, 6) is -0.793. The summed E-state index contributed by atoms with van der Waals surface area (Å²) in [6.07, 6.45) is 4.11. The van der Waals surface area contributed by atoms with Crippen molar-refractivity contribution in [2.24, 2.45) is 0 Å². The van der Waals surface area contributed by atoms with Crippen LogP contribution < -0.4 is 10.6 Å². The molecule has 0 unspecified atom stereocenters. The van der Waals surface area contributed by atoms with Crippen LogP contribution in [-0.4, -0.2) is 61.8 Å². The van der Waals surface area contributed by atoms with Crippen molar-refractivity contribution in [3.63, 3.8) is 0 Å². The van der Waals surface area contributed by atoms with Gasteiger partial charge in [-0.25, -0.2) is 12.8 Å². The molecular weight excluding hydrogens is 545 g/mol. The zero-order valence-corrected chi connectivity index (χ0v) is 23.3. The molecule has 2 aliphatic heterocycles.